The second kappa shape index (κ2) is 6.89. The van der Waals surface area contributed by atoms with Gasteiger partial charge in [0.25, 0.3) is 5.56 Å². The normalized spacial score (nSPS) is 12.2. The number of aliphatic carboxylic acids is 1. The van der Waals surface area contributed by atoms with Crippen molar-refractivity contribution in [1.29, 1.82) is 0 Å². The molecule has 3 heterocycles. The van der Waals surface area contributed by atoms with E-state index in [1.807, 2.05) is 0 Å². The second-order valence-corrected chi connectivity index (χ2v) is 5.78. The van der Waals surface area contributed by atoms with Crippen LogP contribution < -0.4 is 16.6 Å². The Labute approximate surface area is 147 Å². The van der Waals surface area contributed by atoms with Crippen molar-refractivity contribution >= 4 is 16.9 Å². The van der Waals surface area contributed by atoms with E-state index in [1.54, 1.807) is 26.2 Å². The highest BCUT2D eigenvalue weighted by atomic mass is 16.4. The van der Waals surface area contributed by atoms with Crippen LogP contribution in [0.5, 0.6) is 0 Å². The van der Waals surface area contributed by atoms with Gasteiger partial charge >= 0.3 is 11.7 Å². The summed E-state index contributed by atoms with van der Waals surface area (Å²) in [6, 6.07) is 3.98. The molecule has 1 atom stereocenters. The fraction of sp³-hybridized carbons (Fsp3) is 0.235. The molecule has 3 rings (SSSR count). The molecular formula is C17H17N5O4. The van der Waals surface area contributed by atoms with Gasteiger partial charge in [-0.1, -0.05) is 6.07 Å². The van der Waals surface area contributed by atoms with Gasteiger partial charge in [-0.05, 0) is 31.2 Å². The molecule has 0 saturated carbocycles. The zero-order valence-electron chi connectivity index (χ0n) is 14.2. The largest absolute Gasteiger partial charge is 0.480 e. The summed E-state index contributed by atoms with van der Waals surface area (Å²) in [5.74, 6) is -0.792. The van der Waals surface area contributed by atoms with Crippen LogP contribution in [0.3, 0.4) is 0 Å². The van der Waals surface area contributed by atoms with Crippen LogP contribution in [0.1, 0.15) is 5.56 Å². The van der Waals surface area contributed by atoms with E-state index in [0.29, 0.717) is 16.5 Å². The van der Waals surface area contributed by atoms with E-state index in [-0.39, 0.29) is 12.2 Å². The maximum atomic E-state index is 12.7. The minimum Gasteiger partial charge on any atom is -0.480 e. The van der Waals surface area contributed by atoms with Crippen LogP contribution in [0, 0.1) is 0 Å². The smallest absolute Gasteiger partial charge is 0.337 e. The number of hydrogen-bond donors (Lipinski definition) is 2. The van der Waals surface area contributed by atoms with Crippen molar-refractivity contribution in [2.75, 3.05) is 7.05 Å². The van der Waals surface area contributed by atoms with E-state index in [0.717, 1.165) is 4.57 Å². The number of nitrogens with zero attached hydrogens (tertiary/aromatic N) is 4. The third kappa shape index (κ3) is 3.00. The number of fused-ring (bicyclic) bond motifs is 1. The first kappa shape index (κ1) is 17.5. The summed E-state index contributed by atoms with van der Waals surface area (Å²) >= 11 is 0. The Morgan fingerprint density at radius 2 is 2.04 bits per heavy atom. The van der Waals surface area contributed by atoms with Crippen molar-refractivity contribution in [3.05, 3.63) is 63.2 Å². The molecule has 0 saturated heterocycles. The molecule has 9 nitrogen and oxygen atoms in total. The number of carbonyl (C=O) groups is 1. The summed E-state index contributed by atoms with van der Waals surface area (Å²) in [5.41, 5.74) is 0.0952. The number of carboxylic acids is 1. The summed E-state index contributed by atoms with van der Waals surface area (Å²) in [4.78, 5) is 44.5. The van der Waals surface area contributed by atoms with Crippen molar-refractivity contribution in [1.82, 2.24) is 24.4 Å². The molecule has 3 aromatic heterocycles. The summed E-state index contributed by atoms with van der Waals surface area (Å²) in [5, 5.41) is 12.1. The molecule has 0 aliphatic heterocycles. The van der Waals surface area contributed by atoms with Gasteiger partial charge in [-0.15, -0.1) is 0 Å². The molecule has 9 heteroatoms. The molecular weight excluding hydrogens is 338 g/mol. The highest BCUT2D eigenvalue weighted by Crippen LogP contribution is 2.08. The summed E-state index contributed by atoms with van der Waals surface area (Å²) in [7, 11) is 3.12. The summed E-state index contributed by atoms with van der Waals surface area (Å²) in [6.45, 7) is 0. The predicted molar refractivity (Wildman–Crippen MR) is 94.6 cm³/mol. The monoisotopic (exact) mass is 355 g/mol. The van der Waals surface area contributed by atoms with E-state index in [9.17, 15) is 14.4 Å². The van der Waals surface area contributed by atoms with Crippen molar-refractivity contribution in [2.24, 2.45) is 7.05 Å². The van der Waals surface area contributed by atoms with E-state index in [2.05, 4.69) is 15.3 Å². The van der Waals surface area contributed by atoms with Crippen LogP contribution in [-0.2, 0) is 18.3 Å². The average molecular weight is 355 g/mol. The molecule has 0 spiro atoms. The van der Waals surface area contributed by atoms with Crippen molar-refractivity contribution in [2.45, 2.75) is 12.5 Å². The molecule has 2 N–H and O–H groups in total. The Hall–Kier alpha value is -3.33. The first-order chi connectivity index (χ1) is 12.4. The van der Waals surface area contributed by atoms with Crippen LogP contribution >= 0.6 is 0 Å². The molecule has 0 aliphatic rings. The molecule has 0 bridgehead atoms. The minimum absolute atomic E-state index is 0.175. The molecule has 3 aromatic rings. The minimum atomic E-state index is -0.968. The molecule has 0 fully saturated rings. The fourth-order valence-corrected chi connectivity index (χ4v) is 2.71. The SMILES string of the molecule is CNC(Cc1ccc(-n2c(=O)c3ccncc3n(C)c2=O)nc1)C(=O)O. The summed E-state index contributed by atoms with van der Waals surface area (Å²) < 4.78 is 2.32. The number of pyridine rings is 2. The van der Waals surface area contributed by atoms with Crippen molar-refractivity contribution in [3.8, 4) is 5.82 Å². The Morgan fingerprint density at radius 1 is 1.27 bits per heavy atom. The van der Waals surface area contributed by atoms with Gasteiger partial charge in [0.15, 0.2) is 0 Å². The molecule has 1 unspecified atom stereocenters. The maximum absolute atomic E-state index is 12.7. The number of hydrogen-bond acceptors (Lipinski definition) is 6. The van der Waals surface area contributed by atoms with Gasteiger partial charge in [0.2, 0.25) is 0 Å². The van der Waals surface area contributed by atoms with Gasteiger partial charge in [-0.25, -0.2) is 14.3 Å². The van der Waals surface area contributed by atoms with Crippen LogP contribution in [0.15, 0.2) is 46.4 Å². The van der Waals surface area contributed by atoms with Gasteiger partial charge in [-0.2, -0.15) is 0 Å². The third-order valence-electron chi connectivity index (χ3n) is 4.20. The second-order valence-electron chi connectivity index (χ2n) is 5.78. The number of rotatable bonds is 5. The molecule has 0 aromatic carbocycles. The lowest BCUT2D eigenvalue weighted by Gasteiger charge is -2.12. The van der Waals surface area contributed by atoms with Crippen LogP contribution in [0.4, 0.5) is 0 Å². The predicted octanol–water partition coefficient (Wildman–Crippen LogP) is -0.305. The molecule has 0 radical (unpaired) electrons. The van der Waals surface area contributed by atoms with Crippen LogP contribution in [0.25, 0.3) is 16.7 Å². The summed E-state index contributed by atoms with van der Waals surface area (Å²) in [6.07, 6.45) is 4.64. The van der Waals surface area contributed by atoms with E-state index in [1.165, 1.54) is 29.2 Å². The lowest BCUT2D eigenvalue weighted by atomic mass is 10.1. The standard InChI is InChI=1S/C17H17N5O4/c1-18-12(16(24)25)7-10-3-4-14(20-8-10)22-15(23)11-5-6-19-9-13(11)21(2)17(22)26/h3-6,8-9,12,18H,7H2,1-2H3,(H,24,25). The lowest BCUT2D eigenvalue weighted by molar-refractivity contribution is -0.139. The number of aromatic nitrogens is 4. The van der Waals surface area contributed by atoms with Crippen LogP contribution in [0.2, 0.25) is 0 Å². The van der Waals surface area contributed by atoms with Gasteiger partial charge in [-0.3, -0.25) is 19.1 Å². The third-order valence-corrected chi connectivity index (χ3v) is 4.20. The van der Waals surface area contributed by atoms with Gasteiger partial charge in [0, 0.05) is 19.4 Å². The van der Waals surface area contributed by atoms with Crippen LogP contribution in [-0.4, -0.2) is 43.3 Å². The Balaban J connectivity index is 2.07. The van der Waals surface area contributed by atoms with E-state index >= 15 is 0 Å². The molecule has 0 amide bonds. The fourth-order valence-electron chi connectivity index (χ4n) is 2.71. The van der Waals surface area contributed by atoms with E-state index < -0.39 is 23.3 Å². The van der Waals surface area contributed by atoms with Gasteiger partial charge in [0.05, 0.1) is 17.1 Å². The molecule has 0 aliphatic carbocycles. The molecule has 26 heavy (non-hydrogen) atoms. The zero-order valence-corrected chi connectivity index (χ0v) is 14.2. The first-order valence-electron chi connectivity index (χ1n) is 7.85. The van der Waals surface area contributed by atoms with Crippen molar-refractivity contribution in [3.63, 3.8) is 0 Å². The number of likely N-dealkylation sites (N-methyl/N-ethyl adjacent to an activating group) is 1. The Bertz CT molecular complexity index is 1080. The van der Waals surface area contributed by atoms with Gasteiger partial charge in [0.1, 0.15) is 11.9 Å². The number of carboxylic acid groups (broad SMARTS) is 1. The molecule has 134 valence electrons. The van der Waals surface area contributed by atoms with Crippen molar-refractivity contribution < 1.29 is 9.90 Å². The number of aryl methyl sites for hydroxylation is 1. The zero-order chi connectivity index (χ0) is 18.8. The topological polar surface area (TPSA) is 119 Å². The van der Waals surface area contributed by atoms with Gasteiger partial charge < -0.3 is 10.4 Å². The average Bonchev–Trinajstić information content (AvgIpc) is 2.65. The lowest BCUT2D eigenvalue weighted by Crippen LogP contribution is -2.38. The van der Waals surface area contributed by atoms with E-state index in [4.69, 9.17) is 5.11 Å². The maximum Gasteiger partial charge on any atom is 0.337 e. The Morgan fingerprint density at radius 3 is 2.65 bits per heavy atom. The quantitative estimate of drug-likeness (QED) is 0.644. The first-order valence-corrected chi connectivity index (χ1v) is 7.85. The number of nitrogens with one attached hydrogen (secondary N) is 1. The Kier molecular flexibility index (Phi) is 4.63. The highest BCUT2D eigenvalue weighted by molar-refractivity contribution is 5.77. The highest BCUT2D eigenvalue weighted by Gasteiger charge is 2.17.